The molecule has 7 aromatic rings. The number of H-pyrrole nitrogens is 4. The average Bonchev–Trinajstić information content (AvgIpc) is 4.09. The Hall–Kier alpha value is -6.87. The van der Waals surface area contributed by atoms with Gasteiger partial charge in [0.1, 0.15) is 41.2 Å². The second-order valence-corrected chi connectivity index (χ2v) is 19.7. The minimum Gasteiger partial charge on any atom is -0.490 e. The molecule has 0 saturated carbocycles. The highest BCUT2D eigenvalue weighted by molar-refractivity contribution is 6.33. The highest BCUT2D eigenvalue weighted by Gasteiger charge is 2.43. The van der Waals surface area contributed by atoms with E-state index in [0.717, 1.165) is 63.0 Å². The number of amides is 4. The van der Waals surface area contributed by atoms with Crippen LogP contribution in [0.1, 0.15) is 78.2 Å². The number of nitrogens with zero attached hydrogens (tertiary/aromatic N) is 6. The van der Waals surface area contributed by atoms with E-state index in [-0.39, 0.29) is 88.8 Å². The molecule has 4 aliphatic rings. The van der Waals surface area contributed by atoms with Gasteiger partial charge in [-0.15, -0.1) is 12.4 Å². The van der Waals surface area contributed by atoms with Crippen molar-refractivity contribution in [1.82, 2.24) is 49.5 Å². The molecule has 73 heavy (non-hydrogen) atoms. The van der Waals surface area contributed by atoms with Crippen LogP contribution in [0.4, 0.5) is 5.69 Å². The number of halogens is 3. The first-order valence-electron chi connectivity index (χ1n) is 23.7. The zero-order valence-corrected chi connectivity index (χ0v) is 42.6. The minimum atomic E-state index is -0.894. The lowest BCUT2D eigenvalue weighted by Crippen LogP contribution is -2.46. The van der Waals surface area contributed by atoms with Crippen LogP contribution in [0.5, 0.6) is 5.75 Å². The Labute approximate surface area is 433 Å². The molecule has 4 amide bonds. The largest absolute Gasteiger partial charge is 0.490 e. The van der Waals surface area contributed by atoms with E-state index in [0.29, 0.717) is 66.6 Å². The number of fused-ring (bicyclic) bond motifs is 4. The summed E-state index contributed by atoms with van der Waals surface area (Å²) in [6, 6.07) is 13.2. The molecule has 0 unspecified atom stereocenters. The number of ether oxygens (including phenoxy) is 1. The van der Waals surface area contributed by atoms with Gasteiger partial charge in [0.15, 0.2) is 0 Å². The van der Waals surface area contributed by atoms with E-state index in [1.807, 2.05) is 34.0 Å². The second kappa shape index (κ2) is 20.6. The van der Waals surface area contributed by atoms with Gasteiger partial charge in [0.25, 0.3) is 34.7 Å². The molecule has 8 heterocycles. The van der Waals surface area contributed by atoms with Gasteiger partial charge in [0.2, 0.25) is 0 Å². The molecule has 1 atom stereocenters. The number of nitrogens with one attached hydrogen (secondary N) is 5. The van der Waals surface area contributed by atoms with Gasteiger partial charge in [-0.05, 0) is 133 Å². The Morgan fingerprint density at radius 1 is 0.658 bits per heavy atom. The topological polar surface area (TPSA) is 246 Å². The van der Waals surface area contributed by atoms with Crippen LogP contribution in [-0.2, 0) is 0 Å². The van der Waals surface area contributed by atoms with E-state index in [1.165, 1.54) is 22.2 Å². The number of piperidine rings is 2. The van der Waals surface area contributed by atoms with Crippen LogP contribution in [0, 0.1) is 13.8 Å². The standard InChI is InChI=1S/C31H33ClN6O5.C20H18ClN5O3.ClH/c1-16-10-17(2)26(13-22(16)32)43-15-19(39)14-34-23-4-7-33-29(40)27(23)28-35-24-11-20-21(12-25(24)36-28)31(42)38(30(20)41)18-5-8-37(3)9-6-18;1-25-6-3-10(4-7-25)26-19(28)11-8-14-15(9-12(11)20(26)29)24-17(23-14)16-13(21)2-5-22-18(16)27;/h4,7,10-13,18-19,39H,5-6,8-9,14-15H2,1-3H3,(H,35,36)(H2,33,34,40);2,5,8-10H,3-4,6-7H2,1H3,(H,22,27)(H,23,24);1H/t19-;;/m1../s1. The summed E-state index contributed by atoms with van der Waals surface area (Å²) in [5, 5.41) is 14.6. The molecule has 22 heteroatoms. The van der Waals surface area contributed by atoms with Crippen LogP contribution in [0.3, 0.4) is 0 Å². The van der Waals surface area contributed by atoms with Gasteiger partial charge in [0.05, 0.1) is 55.0 Å². The number of anilines is 1. The third-order valence-corrected chi connectivity index (χ3v) is 14.6. The number of aryl methyl sites for hydroxylation is 2. The van der Waals surface area contributed by atoms with Crippen molar-refractivity contribution in [2.75, 3.05) is 58.7 Å². The van der Waals surface area contributed by atoms with Crippen LogP contribution in [0.2, 0.25) is 10.0 Å². The molecular formula is C51H52Cl3N11O8. The summed E-state index contributed by atoms with van der Waals surface area (Å²) >= 11 is 12.4. The van der Waals surface area contributed by atoms with Crippen molar-refractivity contribution < 1.29 is 29.0 Å². The summed E-state index contributed by atoms with van der Waals surface area (Å²) in [4.78, 5) is 105. The first-order chi connectivity index (χ1) is 34.5. The molecule has 0 aliphatic carbocycles. The number of benzene rings is 3. The van der Waals surface area contributed by atoms with E-state index in [9.17, 15) is 33.9 Å². The van der Waals surface area contributed by atoms with Gasteiger partial charge < -0.3 is 44.9 Å². The number of carbonyl (C=O) groups is 4. The summed E-state index contributed by atoms with van der Waals surface area (Å²) in [7, 11) is 4.07. The van der Waals surface area contributed by atoms with Crippen molar-refractivity contribution in [2.24, 2.45) is 0 Å². The Kier molecular flexibility index (Phi) is 14.4. The van der Waals surface area contributed by atoms with Gasteiger partial charge in [-0.25, -0.2) is 9.97 Å². The maximum absolute atomic E-state index is 13.3. The lowest BCUT2D eigenvalue weighted by atomic mass is 10.0. The van der Waals surface area contributed by atoms with Gasteiger partial charge in [-0.1, -0.05) is 29.3 Å². The SMILES string of the molecule is CN1CCC(N2C(=O)c3cc4nc(-c5c(Cl)cc[nH]c5=O)[nH]c4cc3C2=O)CC1.Cc1cc(C)c(OC[C@H](O)CNc2cc[nH]c(=O)c2-c2nc3cc4c(cc3[nH]2)C(=O)N(C2CCN(C)CC2)C4=O)cc1Cl.Cl. The van der Waals surface area contributed by atoms with E-state index >= 15 is 0 Å². The predicted octanol–water partition coefficient (Wildman–Crippen LogP) is 6.41. The molecule has 4 aromatic heterocycles. The van der Waals surface area contributed by atoms with Crippen molar-refractivity contribution in [1.29, 1.82) is 0 Å². The number of aliphatic hydroxyl groups excluding tert-OH is 1. The molecule has 0 radical (unpaired) electrons. The van der Waals surface area contributed by atoms with E-state index in [4.69, 9.17) is 27.9 Å². The summed E-state index contributed by atoms with van der Waals surface area (Å²) in [6.07, 6.45) is 5.11. The van der Waals surface area contributed by atoms with E-state index in [2.05, 4.69) is 45.0 Å². The number of carbonyl (C=O) groups excluding carboxylic acids is 4. The molecule has 3 aromatic carbocycles. The van der Waals surface area contributed by atoms with Gasteiger partial charge in [-0.3, -0.25) is 38.6 Å². The molecule has 0 spiro atoms. The highest BCUT2D eigenvalue weighted by atomic mass is 35.5. The van der Waals surface area contributed by atoms with E-state index < -0.39 is 11.7 Å². The maximum atomic E-state index is 13.3. The number of likely N-dealkylation sites (tertiary alicyclic amines) is 2. The number of hydrogen-bond donors (Lipinski definition) is 6. The molecule has 380 valence electrons. The van der Waals surface area contributed by atoms with Crippen molar-refractivity contribution in [3.63, 3.8) is 0 Å². The van der Waals surface area contributed by atoms with Crippen LogP contribution >= 0.6 is 35.6 Å². The van der Waals surface area contributed by atoms with Gasteiger partial charge in [-0.2, -0.15) is 0 Å². The summed E-state index contributed by atoms with van der Waals surface area (Å²) in [6.45, 7) is 7.30. The fourth-order valence-electron chi connectivity index (χ4n) is 9.90. The number of aromatic amines is 4. The Balaban J connectivity index is 0.000000190. The third-order valence-electron chi connectivity index (χ3n) is 13.9. The zero-order chi connectivity index (χ0) is 50.7. The lowest BCUT2D eigenvalue weighted by Gasteiger charge is -2.33. The molecule has 2 saturated heterocycles. The monoisotopic (exact) mass is 1050 g/mol. The first kappa shape index (κ1) is 51.0. The number of imidazole rings is 2. The van der Waals surface area contributed by atoms with Crippen LogP contribution in [0.25, 0.3) is 44.8 Å². The molecule has 0 bridgehead atoms. The average molecular weight is 1050 g/mol. The quantitative estimate of drug-likeness (QED) is 0.0812. The zero-order valence-electron chi connectivity index (χ0n) is 40.2. The molecular weight excluding hydrogens is 1000 g/mol. The van der Waals surface area contributed by atoms with E-state index in [1.54, 1.807) is 42.5 Å². The molecule has 19 nitrogen and oxygen atoms in total. The number of rotatable bonds is 10. The highest BCUT2D eigenvalue weighted by Crippen LogP contribution is 2.35. The van der Waals surface area contributed by atoms with Crippen LogP contribution in [0.15, 0.2) is 70.5 Å². The number of pyridine rings is 2. The van der Waals surface area contributed by atoms with Gasteiger partial charge >= 0.3 is 0 Å². The summed E-state index contributed by atoms with van der Waals surface area (Å²) in [5.74, 6) is 0.00212. The predicted molar refractivity (Wildman–Crippen MR) is 280 cm³/mol. The number of aromatic nitrogens is 6. The first-order valence-corrected chi connectivity index (χ1v) is 24.4. The Morgan fingerprint density at radius 2 is 1.12 bits per heavy atom. The smallest absolute Gasteiger partial charge is 0.261 e. The maximum Gasteiger partial charge on any atom is 0.261 e. The fourth-order valence-corrected chi connectivity index (χ4v) is 10.3. The normalized spacial score (nSPS) is 17.0. The van der Waals surface area contributed by atoms with Crippen molar-refractivity contribution >= 4 is 87.0 Å². The number of hydrogen-bond acceptors (Lipinski definition) is 13. The lowest BCUT2D eigenvalue weighted by molar-refractivity contribution is 0.0501. The molecule has 4 aliphatic heterocycles. The second-order valence-electron chi connectivity index (χ2n) is 18.9. The fraction of sp³-hybridized carbons (Fsp3) is 0.333. The van der Waals surface area contributed by atoms with Crippen LogP contribution < -0.4 is 21.2 Å². The molecule has 11 rings (SSSR count). The van der Waals surface area contributed by atoms with Crippen molar-refractivity contribution in [2.45, 2.75) is 57.7 Å². The van der Waals surface area contributed by atoms with Crippen LogP contribution in [-0.4, -0.2) is 150 Å². The van der Waals surface area contributed by atoms with Crippen molar-refractivity contribution in [3.8, 4) is 28.5 Å². The number of imide groups is 2. The summed E-state index contributed by atoms with van der Waals surface area (Å²) in [5.41, 5.74) is 5.45. The number of aliphatic hydroxyl groups is 1. The minimum absolute atomic E-state index is 0. The van der Waals surface area contributed by atoms with Crippen molar-refractivity contribution in [3.05, 3.63) is 125 Å². The molecule has 2 fully saturated rings. The molecule has 6 N–H and O–H groups in total. The van der Waals surface area contributed by atoms with Gasteiger partial charge in [0, 0.05) is 36.0 Å². The third kappa shape index (κ3) is 9.75. The Bertz CT molecular complexity index is 3360. The summed E-state index contributed by atoms with van der Waals surface area (Å²) < 4.78 is 5.79. The Morgan fingerprint density at radius 3 is 1.63 bits per heavy atom.